The third-order valence-electron chi connectivity index (χ3n) is 3.17. The highest BCUT2D eigenvalue weighted by Gasteiger charge is 2.11. The Balaban J connectivity index is 2.43. The van der Waals surface area contributed by atoms with Crippen LogP contribution in [-0.2, 0) is 4.79 Å². The number of benzene rings is 2. The summed E-state index contributed by atoms with van der Waals surface area (Å²) in [5.41, 5.74) is 2.32. The molecule has 2 aromatic rings. The van der Waals surface area contributed by atoms with E-state index in [1.807, 2.05) is 26.0 Å². The molecule has 0 aliphatic carbocycles. The number of carboxylic acids is 1. The standard InChI is InChI=1S/C17H15FO3/c1-11-5-3-8-15(12(11)2)21-17-13(9-10-16(19)20)6-4-7-14(17)18/h3-10H,1-2H3,(H,19,20)/b10-9+. The predicted molar refractivity (Wildman–Crippen MR) is 79.1 cm³/mol. The van der Waals surface area contributed by atoms with Gasteiger partial charge in [0.25, 0.3) is 0 Å². The van der Waals surface area contributed by atoms with Gasteiger partial charge < -0.3 is 9.84 Å². The van der Waals surface area contributed by atoms with E-state index in [9.17, 15) is 9.18 Å². The Bertz CT molecular complexity index is 705. The quantitative estimate of drug-likeness (QED) is 0.851. The SMILES string of the molecule is Cc1cccc(Oc2c(F)cccc2/C=C/C(=O)O)c1C. The minimum absolute atomic E-state index is 0.0173. The molecular formula is C17H15FO3. The lowest BCUT2D eigenvalue weighted by Gasteiger charge is -2.13. The van der Waals surface area contributed by atoms with Crippen LogP contribution in [0.5, 0.6) is 11.5 Å². The number of para-hydroxylation sites is 1. The smallest absolute Gasteiger partial charge is 0.328 e. The van der Waals surface area contributed by atoms with E-state index in [0.717, 1.165) is 17.2 Å². The van der Waals surface area contributed by atoms with Gasteiger partial charge in [-0.15, -0.1) is 0 Å². The van der Waals surface area contributed by atoms with Gasteiger partial charge in [0.2, 0.25) is 0 Å². The number of halogens is 1. The van der Waals surface area contributed by atoms with Crippen LogP contribution in [0.15, 0.2) is 42.5 Å². The first kappa shape index (κ1) is 14.8. The first-order chi connectivity index (χ1) is 9.99. The van der Waals surface area contributed by atoms with Gasteiger partial charge in [-0.3, -0.25) is 0 Å². The van der Waals surface area contributed by atoms with Gasteiger partial charge >= 0.3 is 5.97 Å². The Morgan fingerprint density at radius 1 is 1.19 bits per heavy atom. The van der Waals surface area contributed by atoms with Gasteiger partial charge in [-0.1, -0.05) is 24.3 Å². The Morgan fingerprint density at radius 2 is 1.90 bits per heavy atom. The molecule has 0 atom stereocenters. The second-order valence-corrected chi connectivity index (χ2v) is 4.63. The molecule has 2 aromatic carbocycles. The fraction of sp³-hybridized carbons (Fsp3) is 0.118. The van der Waals surface area contributed by atoms with Gasteiger partial charge in [-0.05, 0) is 43.2 Å². The van der Waals surface area contributed by atoms with E-state index >= 15 is 0 Å². The summed E-state index contributed by atoms with van der Waals surface area (Å²) in [5, 5.41) is 8.68. The highest BCUT2D eigenvalue weighted by molar-refractivity contribution is 5.86. The number of hydrogen-bond donors (Lipinski definition) is 1. The number of aryl methyl sites for hydroxylation is 1. The average molecular weight is 286 g/mol. The molecule has 0 aliphatic rings. The Kier molecular flexibility index (Phi) is 4.38. The Hall–Kier alpha value is -2.62. The van der Waals surface area contributed by atoms with Crippen molar-refractivity contribution >= 4 is 12.0 Å². The summed E-state index contributed by atoms with van der Waals surface area (Å²) in [7, 11) is 0. The summed E-state index contributed by atoms with van der Waals surface area (Å²) in [6.45, 7) is 3.83. The van der Waals surface area contributed by atoms with Gasteiger partial charge in [-0.25, -0.2) is 9.18 Å². The topological polar surface area (TPSA) is 46.5 Å². The highest BCUT2D eigenvalue weighted by Crippen LogP contribution is 2.32. The molecule has 0 radical (unpaired) electrons. The van der Waals surface area contributed by atoms with Crippen LogP contribution in [0.3, 0.4) is 0 Å². The number of carboxylic acid groups (broad SMARTS) is 1. The predicted octanol–water partition coefficient (Wildman–Crippen LogP) is 4.33. The number of carbonyl (C=O) groups is 1. The van der Waals surface area contributed by atoms with Crippen molar-refractivity contribution in [1.82, 2.24) is 0 Å². The fourth-order valence-electron chi connectivity index (χ4n) is 1.87. The zero-order valence-electron chi connectivity index (χ0n) is 11.8. The minimum Gasteiger partial charge on any atom is -0.478 e. The molecule has 21 heavy (non-hydrogen) atoms. The van der Waals surface area contributed by atoms with Gasteiger partial charge in [0.1, 0.15) is 5.75 Å². The van der Waals surface area contributed by atoms with Crippen LogP contribution in [0.4, 0.5) is 4.39 Å². The summed E-state index contributed by atoms with van der Waals surface area (Å²) in [6.07, 6.45) is 2.26. The second kappa shape index (κ2) is 6.22. The normalized spacial score (nSPS) is 10.8. The molecule has 0 spiro atoms. The number of ether oxygens (including phenoxy) is 1. The maximum Gasteiger partial charge on any atom is 0.328 e. The number of rotatable bonds is 4. The van der Waals surface area contributed by atoms with E-state index in [2.05, 4.69) is 0 Å². The van der Waals surface area contributed by atoms with E-state index in [4.69, 9.17) is 9.84 Å². The van der Waals surface area contributed by atoms with Crippen molar-refractivity contribution in [3.8, 4) is 11.5 Å². The molecule has 0 unspecified atom stereocenters. The van der Waals surface area contributed by atoms with Gasteiger partial charge in [-0.2, -0.15) is 0 Å². The van der Waals surface area contributed by atoms with Crippen molar-refractivity contribution in [2.45, 2.75) is 13.8 Å². The van der Waals surface area contributed by atoms with Gasteiger partial charge in [0.15, 0.2) is 11.6 Å². The Labute approximate surface area is 122 Å². The molecule has 0 saturated heterocycles. The van der Waals surface area contributed by atoms with Crippen LogP contribution in [0.25, 0.3) is 6.08 Å². The van der Waals surface area contributed by atoms with Gasteiger partial charge in [0, 0.05) is 11.6 Å². The van der Waals surface area contributed by atoms with E-state index in [-0.39, 0.29) is 5.75 Å². The van der Waals surface area contributed by atoms with Crippen LogP contribution >= 0.6 is 0 Å². The molecule has 0 fully saturated rings. The minimum atomic E-state index is -1.10. The van der Waals surface area contributed by atoms with Crippen LogP contribution in [-0.4, -0.2) is 11.1 Å². The summed E-state index contributed by atoms with van der Waals surface area (Å²) in [5.74, 6) is -1.07. The molecule has 0 aromatic heterocycles. The summed E-state index contributed by atoms with van der Waals surface area (Å²) >= 11 is 0. The second-order valence-electron chi connectivity index (χ2n) is 4.63. The molecule has 4 heteroatoms. The molecule has 2 rings (SSSR count). The monoisotopic (exact) mass is 286 g/mol. The largest absolute Gasteiger partial charge is 0.478 e. The van der Waals surface area contributed by atoms with E-state index < -0.39 is 11.8 Å². The maximum absolute atomic E-state index is 14.0. The van der Waals surface area contributed by atoms with Crippen molar-refractivity contribution in [2.24, 2.45) is 0 Å². The van der Waals surface area contributed by atoms with Crippen LogP contribution < -0.4 is 4.74 Å². The van der Waals surface area contributed by atoms with Gasteiger partial charge in [0.05, 0.1) is 0 Å². The zero-order valence-corrected chi connectivity index (χ0v) is 11.8. The van der Waals surface area contributed by atoms with Crippen LogP contribution in [0, 0.1) is 19.7 Å². The van der Waals surface area contributed by atoms with Crippen molar-refractivity contribution in [2.75, 3.05) is 0 Å². The first-order valence-corrected chi connectivity index (χ1v) is 6.42. The molecule has 0 saturated carbocycles. The first-order valence-electron chi connectivity index (χ1n) is 6.42. The molecule has 0 bridgehead atoms. The molecule has 3 nitrogen and oxygen atoms in total. The number of hydrogen-bond acceptors (Lipinski definition) is 2. The lowest BCUT2D eigenvalue weighted by atomic mass is 10.1. The summed E-state index contributed by atoms with van der Waals surface area (Å²) in [4.78, 5) is 10.6. The van der Waals surface area contributed by atoms with Crippen molar-refractivity contribution in [3.05, 3.63) is 65.0 Å². The Morgan fingerprint density at radius 3 is 2.62 bits per heavy atom. The summed E-state index contributed by atoms with van der Waals surface area (Å²) < 4.78 is 19.7. The van der Waals surface area contributed by atoms with E-state index in [1.165, 1.54) is 18.2 Å². The third kappa shape index (κ3) is 3.48. The van der Waals surface area contributed by atoms with Crippen molar-refractivity contribution < 1.29 is 19.0 Å². The van der Waals surface area contributed by atoms with E-state index in [1.54, 1.807) is 12.1 Å². The fourth-order valence-corrected chi connectivity index (χ4v) is 1.87. The lowest BCUT2D eigenvalue weighted by molar-refractivity contribution is -0.131. The van der Waals surface area contributed by atoms with Crippen LogP contribution in [0.1, 0.15) is 16.7 Å². The third-order valence-corrected chi connectivity index (χ3v) is 3.17. The highest BCUT2D eigenvalue weighted by atomic mass is 19.1. The molecule has 0 heterocycles. The average Bonchev–Trinajstić information content (AvgIpc) is 2.44. The lowest BCUT2D eigenvalue weighted by Crippen LogP contribution is -1.95. The molecule has 0 aliphatic heterocycles. The zero-order chi connectivity index (χ0) is 15.4. The molecule has 1 N–H and O–H groups in total. The van der Waals surface area contributed by atoms with Crippen LogP contribution in [0.2, 0.25) is 0 Å². The van der Waals surface area contributed by atoms with Crippen molar-refractivity contribution in [1.29, 1.82) is 0 Å². The maximum atomic E-state index is 14.0. The van der Waals surface area contributed by atoms with Crippen molar-refractivity contribution in [3.63, 3.8) is 0 Å². The number of aliphatic carboxylic acids is 1. The molecular weight excluding hydrogens is 271 g/mol. The summed E-state index contributed by atoms with van der Waals surface area (Å²) in [6, 6.07) is 9.90. The molecule has 0 amide bonds. The molecule has 108 valence electrons. The van der Waals surface area contributed by atoms with E-state index in [0.29, 0.717) is 11.3 Å².